The normalized spacial score (nSPS) is 8.92. The van der Waals surface area contributed by atoms with Gasteiger partial charge in [-0.05, 0) is 47.0 Å². The van der Waals surface area contributed by atoms with Crippen molar-refractivity contribution < 1.29 is 0 Å². The van der Waals surface area contributed by atoms with Crippen LogP contribution in [0, 0.1) is 42.7 Å². The lowest BCUT2D eigenvalue weighted by Crippen LogP contribution is -2.05. The van der Waals surface area contributed by atoms with Gasteiger partial charge in [-0.25, -0.2) is 0 Å². The molecule has 0 aliphatic carbocycles. The van der Waals surface area contributed by atoms with Gasteiger partial charge < -0.3 is 0 Å². The molecule has 0 bridgehead atoms. The van der Waals surface area contributed by atoms with Crippen molar-refractivity contribution in [2.75, 3.05) is 0 Å². The fourth-order valence-corrected chi connectivity index (χ4v) is 3.14. The van der Waals surface area contributed by atoms with E-state index in [9.17, 15) is 0 Å². The summed E-state index contributed by atoms with van der Waals surface area (Å²) in [6, 6.07) is 0. The predicted octanol–water partition coefficient (Wildman–Crippen LogP) is 2.45. The van der Waals surface area contributed by atoms with Crippen LogP contribution in [0.3, 0.4) is 0 Å². The predicted molar refractivity (Wildman–Crippen MR) is 55.5 cm³/mol. The molecule has 0 aromatic rings. The molecular weight excluding hydrogens is 244 g/mol. The lowest BCUT2D eigenvalue weighted by atomic mass is 11.7. The van der Waals surface area contributed by atoms with Gasteiger partial charge in [-0.1, -0.05) is 0 Å². The van der Waals surface area contributed by atoms with Crippen LogP contribution in [0.25, 0.3) is 0 Å². The zero-order valence-electron chi connectivity index (χ0n) is 5.92. The summed E-state index contributed by atoms with van der Waals surface area (Å²) >= 11 is 2.90. The minimum absolute atomic E-state index is 0.725. The molecule has 0 unspecified atom stereocenters. The molecule has 13 heavy (non-hydrogen) atoms. The first-order chi connectivity index (χ1) is 6.24. The van der Waals surface area contributed by atoms with Gasteiger partial charge in [0.05, 0.1) is 0 Å². The maximum Gasteiger partial charge on any atom is 0.207 e. The summed E-state index contributed by atoms with van der Waals surface area (Å²) in [5, 5.41) is 40.8. The highest BCUT2D eigenvalue weighted by molar-refractivity contribution is 8.51. The Morgan fingerprint density at radius 3 is 1.00 bits per heavy atom. The molecule has 0 aliphatic rings. The molecule has 0 fully saturated rings. The number of rotatable bonds is 4. The lowest BCUT2D eigenvalue weighted by Gasteiger charge is -2.16. The lowest BCUT2D eigenvalue weighted by molar-refractivity contribution is 1.56. The number of hydrogen-bond acceptors (Lipinski definition) is 8. The molecule has 0 aliphatic heterocycles. The standard InChI is InChI=1S/C5N4S4/c6-1-10-5(11-2-7,12-3-8)13-4-9. The van der Waals surface area contributed by atoms with Crippen molar-refractivity contribution in [3.8, 4) is 21.6 Å². The molecule has 0 atom stereocenters. The molecule has 4 nitrogen and oxygen atoms in total. The Hall–Kier alpha value is -0.640. The van der Waals surface area contributed by atoms with E-state index >= 15 is 0 Å². The average Bonchev–Trinajstić information content (AvgIpc) is 2.06. The van der Waals surface area contributed by atoms with E-state index in [1.54, 1.807) is 21.6 Å². The Morgan fingerprint density at radius 2 is 0.846 bits per heavy atom. The Kier molecular flexibility index (Phi) is 6.49. The van der Waals surface area contributed by atoms with E-state index in [0.29, 0.717) is 0 Å². The molecule has 0 spiro atoms. The van der Waals surface area contributed by atoms with Gasteiger partial charge in [-0.3, -0.25) is 0 Å². The van der Waals surface area contributed by atoms with Crippen LogP contribution in [-0.2, 0) is 0 Å². The Balaban J connectivity index is 4.66. The van der Waals surface area contributed by atoms with Crippen LogP contribution in [0.5, 0.6) is 0 Å². The van der Waals surface area contributed by atoms with E-state index in [4.69, 9.17) is 21.0 Å². The molecule has 8 heteroatoms. The molecule has 0 amide bonds. The monoisotopic (exact) mass is 244 g/mol. The van der Waals surface area contributed by atoms with Crippen molar-refractivity contribution in [2.45, 2.75) is 2.74 Å². The maximum atomic E-state index is 8.43. The zero-order valence-corrected chi connectivity index (χ0v) is 9.19. The minimum atomic E-state index is -1.08. The van der Waals surface area contributed by atoms with Crippen molar-refractivity contribution in [3.05, 3.63) is 0 Å². The fraction of sp³-hybridized carbons (Fsp3) is 0.200. The number of thiocyanates is 4. The van der Waals surface area contributed by atoms with Crippen molar-refractivity contribution in [1.82, 2.24) is 0 Å². The molecule has 0 saturated heterocycles. The zero-order chi connectivity index (χ0) is 10.2. The Morgan fingerprint density at radius 1 is 0.615 bits per heavy atom. The first-order valence-corrected chi connectivity index (χ1v) is 5.79. The van der Waals surface area contributed by atoms with Crippen LogP contribution in [-0.4, -0.2) is 2.74 Å². The van der Waals surface area contributed by atoms with Crippen LogP contribution in [0.2, 0.25) is 0 Å². The number of nitriles is 4. The summed E-state index contributed by atoms with van der Waals surface area (Å²) in [6.07, 6.45) is 0. The number of hydrogen-bond donors (Lipinski definition) is 0. The maximum absolute atomic E-state index is 8.43. The van der Waals surface area contributed by atoms with Gasteiger partial charge >= 0.3 is 0 Å². The molecule has 0 rings (SSSR count). The molecule has 0 N–H and O–H groups in total. The van der Waals surface area contributed by atoms with Gasteiger partial charge in [0.2, 0.25) is 2.74 Å². The molecule has 0 radical (unpaired) electrons. The van der Waals surface area contributed by atoms with Gasteiger partial charge in [0.25, 0.3) is 0 Å². The van der Waals surface area contributed by atoms with E-state index in [0.717, 1.165) is 47.0 Å². The summed E-state index contributed by atoms with van der Waals surface area (Å²) in [6.45, 7) is 0. The van der Waals surface area contributed by atoms with Crippen LogP contribution in [0.15, 0.2) is 0 Å². The van der Waals surface area contributed by atoms with Crippen molar-refractivity contribution in [3.63, 3.8) is 0 Å². The van der Waals surface area contributed by atoms with E-state index in [-0.39, 0.29) is 0 Å². The topological polar surface area (TPSA) is 95.2 Å². The molecule has 0 heterocycles. The minimum Gasteiger partial charge on any atom is -0.185 e. The smallest absolute Gasteiger partial charge is 0.185 e. The number of thioether (sulfide) groups is 4. The quantitative estimate of drug-likeness (QED) is 0.549. The number of nitrogens with zero attached hydrogens (tertiary/aromatic N) is 4. The van der Waals surface area contributed by atoms with E-state index < -0.39 is 2.74 Å². The SMILES string of the molecule is N#CSC(SC#N)(SC#N)SC#N. The van der Waals surface area contributed by atoms with Crippen molar-refractivity contribution in [2.24, 2.45) is 0 Å². The van der Waals surface area contributed by atoms with Gasteiger partial charge in [-0.2, -0.15) is 21.0 Å². The highest BCUT2D eigenvalue weighted by atomic mass is 32.3. The van der Waals surface area contributed by atoms with Crippen molar-refractivity contribution in [1.29, 1.82) is 21.0 Å². The van der Waals surface area contributed by atoms with Crippen LogP contribution < -0.4 is 0 Å². The average molecular weight is 244 g/mol. The fourth-order valence-electron chi connectivity index (χ4n) is 0.349. The van der Waals surface area contributed by atoms with E-state index in [1.165, 1.54) is 0 Å². The first-order valence-electron chi connectivity index (χ1n) is 2.53. The summed E-state index contributed by atoms with van der Waals surface area (Å²) in [4.78, 5) is 0. The van der Waals surface area contributed by atoms with E-state index in [1.807, 2.05) is 0 Å². The Bertz CT molecular complexity index is 257. The van der Waals surface area contributed by atoms with Gasteiger partial charge in [0.15, 0.2) is 0 Å². The molecule has 0 saturated carbocycles. The second-order valence-electron chi connectivity index (χ2n) is 1.27. The van der Waals surface area contributed by atoms with Crippen LogP contribution in [0.1, 0.15) is 0 Å². The third kappa shape index (κ3) is 4.22. The third-order valence-corrected chi connectivity index (χ3v) is 5.05. The van der Waals surface area contributed by atoms with Gasteiger partial charge in [0, 0.05) is 0 Å². The summed E-state index contributed by atoms with van der Waals surface area (Å²) in [5.74, 6) is 0. The highest BCUT2D eigenvalue weighted by Crippen LogP contribution is 2.53. The van der Waals surface area contributed by atoms with Crippen molar-refractivity contribution >= 4 is 47.0 Å². The largest absolute Gasteiger partial charge is 0.207 e. The van der Waals surface area contributed by atoms with Crippen LogP contribution >= 0.6 is 47.0 Å². The molecule has 0 aromatic carbocycles. The summed E-state index contributed by atoms with van der Waals surface area (Å²) in [5.41, 5.74) is 0. The van der Waals surface area contributed by atoms with E-state index in [2.05, 4.69) is 0 Å². The summed E-state index contributed by atoms with van der Waals surface area (Å²) in [7, 11) is 0. The van der Waals surface area contributed by atoms with Gasteiger partial charge in [-0.15, -0.1) is 0 Å². The molecular formula is C5N4S4. The Labute approximate surface area is 92.3 Å². The third-order valence-electron chi connectivity index (χ3n) is 0.683. The highest BCUT2D eigenvalue weighted by Gasteiger charge is 2.35. The second-order valence-corrected chi connectivity index (χ2v) is 6.82. The second kappa shape index (κ2) is 6.83. The molecule has 0 aromatic heterocycles. The van der Waals surface area contributed by atoms with Crippen LogP contribution in [0.4, 0.5) is 0 Å². The summed E-state index contributed by atoms with van der Waals surface area (Å²) < 4.78 is -1.08. The first kappa shape index (κ1) is 12.4. The van der Waals surface area contributed by atoms with Gasteiger partial charge in [0.1, 0.15) is 21.6 Å². The molecule has 64 valence electrons.